The van der Waals surface area contributed by atoms with Gasteiger partial charge in [-0.2, -0.15) is 4.31 Å². The van der Waals surface area contributed by atoms with Crippen LogP contribution in [0.2, 0.25) is 0 Å². The molecule has 0 aromatic heterocycles. The van der Waals surface area contributed by atoms with Crippen molar-refractivity contribution in [2.24, 2.45) is 5.92 Å². The van der Waals surface area contributed by atoms with Gasteiger partial charge in [-0.3, -0.25) is 4.79 Å². The van der Waals surface area contributed by atoms with Crippen LogP contribution in [0.3, 0.4) is 0 Å². The summed E-state index contributed by atoms with van der Waals surface area (Å²) >= 11 is 0. The maximum Gasteiger partial charge on any atom is 0.573 e. The number of benzene rings is 2. The van der Waals surface area contributed by atoms with Gasteiger partial charge >= 0.3 is 6.36 Å². The number of sulfonamides is 1. The molecule has 0 unspecified atom stereocenters. The van der Waals surface area contributed by atoms with E-state index in [1.54, 1.807) is 29.2 Å². The minimum Gasteiger partial charge on any atom is -0.493 e. The molecule has 0 radical (unpaired) electrons. The molecule has 33 heavy (non-hydrogen) atoms. The summed E-state index contributed by atoms with van der Waals surface area (Å²) in [6.45, 7) is 1.25. The van der Waals surface area contributed by atoms with Crippen molar-refractivity contribution in [1.29, 1.82) is 0 Å². The van der Waals surface area contributed by atoms with Gasteiger partial charge in [0.05, 0.1) is 11.5 Å². The molecule has 2 aromatic rings. The second kappa shape index (κ2) is 9.22. The molecule has 178 valence electrons. The maximum absolute atomic E-state index is 12.8. The van der Waals surface area contributed by atoms with E-state index in [9.17, 15) is 26.4 Å². The van der Waals surface area contributed by atoms with Crippen molar-refractivity contribution in [2.45, 2.75) is 24.1 Å². The molecule has 0 atom stereocenters. The van der Waals surface area contributed by atoms with Gasteiger partial charge in [-0.1, -0.05) is 0 Å². The molecule has 1 amide bonds. The molecule has 1 saturated carbocycles. The molecule has 0 N–H and O–H groups in total. The third-order valence-electron chi connectivity index (χ3n) is 5.50. The van der Waals surface area contributed by atoms with E-state index < -0.39 is 22.1 Å². The standard InChI is InChI=1S/C22H23F3N2O5S/c23-22(24,25)32-19-7-9-20(10-8-19)33(29,30)27-13-11-26(12-14-27)21(28)17-3-5-18(6-4-17)31-15-16-1-2-16/h3-10,16H,1-2,11-15H2. The molecule has 1 heterocycles. The Morgan fingerprint density at radius 2 is 1.48 bits per heavy atom. The first-order valence-corrected chi connectivity index (χ1v) is 11.9. The van der Waals surface area contributed by atoms with Gasteiger partial charge in [0.15, 0.2) is 0 Å². The number of rotatable bonds is 7. The minimum absolute atomic E-state index is 0.0808. The second-order valence-electron chi connectivity index (χ2n) is 7.99. The zero-order valence-corrected chi connectivity index (χ0v) is 18.4. The molecule has 0 bridgehead atoms. The van der Waals surface area contributed by atoms with E-state index in [1.165, 1.54) is 17.1 Å². The summed E-state index contributed by atoms with van der Waals surface area (Å²) in [4.78, 5) is 14.2. The number of carbonyl (C=O) groups excluding carboxylic acids is 1. The minimum atomic E-state index is -4.85. The number of piperazine rings is 1. The molecular formula is C22H23F3N2O5S. The van der Waals surface area contributed by atoms with Gasteiger partial charge in [-0.25, -0.2) is 8.42 Å². The van der Waals surface area contributed by atoms with Crippen LogP contribution in [0.1, 0.15) is 23.2 Å². The van der Waals surface area contributed by atoms with Crippen LogP contribution in [0, 0.1) is 5.92 Å². The molecule has 0 spiro atoms. The number of amides is 1. The summed E-state index contributed by atoms with van der Waals surface area (Å²) in [6, 6.07) is 10.9. The van der Waals surface area contributed by atoms with Crippen molar-refractivity contribution in [1.82, 2.24) is 9.21 Å². The summed E-state index contributed by atoms with van der Waals surface area (Å²) in [7, 11) is -3.91. The number of carbonyl (C=O) groups is 1. The molecule has 1 aliphatic carbocycles. The molecule has 2 fully saturated rings. The lowest BCUT2D eigenvalue weighted by molar-refractivity contribution is -0.274. The highest BCUT2D eigenvalue weighted by Gasteiger charge is 2.33. The second-order valence-corrected chi connectivity index (χ2v) is 9.93. The van der Waals surface area contributed by atoms with Crippen LogP contribution in [0.25, 0.3) is 0 Å². The number of nitrogens with zero attached hydrogens (tertiary/aromatic N) is 2. The highest BCUT2D eigenvalue weighted by Crippen LogP contribution is 2.30. The summed E-state index contributed by atoms with van der Waals surface area (Å²) in [6.07, 6.45) is -2.47. The highest BCUT2D eigenvalue weighted by atomic mass is 32.2. The fourth-order valence-corrected chi connectivity index (χ4v) is 4.89. The fraction of sp³-hybridized carbons (Fsp3) is 0.409. The van der Waals surface area contributed by atoms with Crippen LogP contribution in [0.4, 0.5) is 13.2 Å². The average molecular weight is 484 g/mol. The van der Waals surface area contributed by atoms with Gasteiger partial charge in [0.2, 0.25) is 10.0 Å². The van der Waals surface area contributed by atoms with Gasteiger partial charge in [0.25, 0.3) is 5.91 Å². The lowest BCUT2D eigenvalue weighted by Crippen LogP contribution is -2.50. The molecule has 1 saturated heterocycles. The zero-order valence-electron chi connectivity index (χ0n) is 17.6. The van der Waals surface area contributed by atoms with Crippen LogP contribution in [0.5, 0.6) is 11.5 Å². The lowest BCUT2D eigenvalue weighted by atomic mass is 10.2. The normalized spacial score (nSPS) is 17.6. The van der Waals surface area contributed by atoms with Crippen molar-refractivity contribution in [3.63, 3.8) is 0 Å². The van der Waals surface area contributed by atoms with Crippen LogP contribution in [0.15, 0.2) is 53.4 Å². The predicted molar refractivity (Wildman–Crippen MR) is 112 cm³/mol. The number of hydrogen-bond acceptors (Lipinski definition) is 5. The summed E-state index contributed by atoms with van der Waals surface area (Å²) in [5.41, 5.74) is 0.491. The topological polar surface area (TPSA) is 76.2 Å². The van der Waals surface area contributed by atoms with Gasteiger partial charge in [0, 0.05) is 31.7 Å². The molecule has 2 aromatic carbocycles. The monoisotopic (exact) mass is 484 g/mol. The van der Waals surface area contributed by atoms with Crippen molar-refractivity contribution < 1.29 is 35.9 Å². The number of ether oxygens (including phenoxy) is 2. The van der Waals surface area contributed by atoms with E-state index in [4.69, 9.17) is 4.74 Å². The molecule has 7 nitrogen and oxygen atoms in total. The average Bonchev–Trinajstić information content (AvgIpc) is 3.62. The number of halogens is 3. The molecule has 11 heteroatoms. The van der Waals surface area contributed by atoms with Gasteiger partial charge in [-0.15, -0.1) is 13.2 Å². The quantitative estimate of drug-likeness (QED) is 0.601. The van der Waals surface area contributed by atoms with Crippen LogP contribution in [-0.2, 0) is 10.0 Å². The maximum atomic E-state index is 12.8. The Balaban J connectivity index is 1.33. The number of hydrogen-bond donors (Lipinski definition) is 0. The number of alkyl halides is 3. The largest absolute Gasteiger partial charge is 0.573 e. The first kappa shape index (κ1) is 23.4. The Morgan fingerprint density at radius 1 is 0.909 bits per heavy atom. The highest BCUT2D eigenvalue weighted by molar-refractivity contribution is 7.89. The predicted octanol–water partition coefficient (Wildman–Crippen LogP) is 3.52. The van der Waals surface area contributed by atoms with E-state index in [0.717, 1.165) is 24.3 Å². The van der Waals surface area contributed by atoms with Crippen molar-refractivity contribution in [3.8, 4) is 11.5 Å². The van der Waals surface area contributed by atoms with Crippen molar-refractivity contribution >= 4 is 15.9 Å². The van der Waals surface area contributed by atoms with Crippen molar-refractivity contribution in [2.75, 3.05) is 32.8 Å². The van der Waals surface area contributed by atoms with E-state index in [0.29, 0.717) is 23.8 Å². The Hall–Kier alpha value is -2.79. The summed E-state index contributed by atoms with van der Waals surface area (Å²) in [5.74, 6) is 0.640. The third kappa shape index (κ3) is 5.97. The third-order valence-corrected chi connectivity index (χ3v) is 7.42. The smallest absolute Gasteiger partial charge is 0.493 e. The van der Waals surface area contributed by atoms with Gasteiger partial charge < -0.3 is 14.4 Å². The van der Waals surface area contributed by atoms with E-state index in [2.05, 4.69) is 4.74 Å². The van der Waals surface area contributed by atoms with E-state index >= 15 is 0 Å². The van der Waals surface area contributed by atoms with Gasteiger partial charge in [0.1, 0.15) is 11.5 Å². The fourth-order valence-electron chi connectivity index (χ4n) is 3.47. The van der Waals surface area contributed by atoms with Gasteiger partial charge in [-0.05, 0) is 67.3 Å². The summed E-state index contributed by atoms with van der Waals surface area (Å²) in [5, 5.41) is 0. The van der Waals surface area contributed by atoms with Crippen LogP contribution in [-0.4, -0.2) is 62.7 Å². The molecule has 1 aliphatic heterocycles. The Kier molecular flexibility index (Phi) is 6.53. The van der Waals surface area contributed by atoms with E-state index in [-0.39, 0.29) is 37.0 Å². The SMILES string of the molecule is O=C(c1ccc(OCC2CC2)cc1)N1CCN(S(=O)(=O)c2ccc(OC(F)(F)F)cc2)CC1. The van der Waals surface area contributed by atoms with Crippen LogP contribution < -0.4 is 9.47 Å². The first-order valence-electron chi connectivity index (χ1n) is 10.5. The Morgan fingerprint density at radius 3 is 2.03 bits per heavy atom. The van der Waals surface area contributed by atoms with E-state index in [1.807, 2.05) is 0 Å². The molecule has 4 rings (SSSR count). The first-order chi connectivity index (χ1) is 15.6. The Bertz CT molecular complexity index is 1080. The Labute approximate surface area is 189 Å². The van der Waals surface area contributed by atoms with Crippen LogP contribution >= 0.6 is 0 Å². The lowest BCUT2D eigenvalue weighted by Gasteiger charge is -2.34. The molecule has 2 aliphatic rings. The van der Waals surface area contributed by atoms with Crippen molar-refractivity contribution in [3.05, 3.63) is 54.1 Å². The summed E-state index contributed by atoms with van der Waals surface area (Å²) < 4.78 is 73.2. The molecular weight excluding hydrogens is 461 g/mol. The zero-order chi connectivity index (χ0) is 23.6.